The number of carbonyl (C=O) groups is 2. The molecule has 0 aliphatic heterocycles. The molecule has 1 fully saturated rings. The quantitative estimate of drug-likeness (QED) is 0.482. The number of amides is 2. The third-order valence-electron chi connectivity index (χ3n) is 2.28. The summed E-state index contributed by atoms with van der Waals surface area (Å²) >= 11 is 0. The van der Waals surface area contributed by atoms with Crippen molar-refractivity contribution in [2.75, 3.05) is 13.1 Å². The first-order valence-corrected chi connectivity index (χ1v) is 5.02. The van der Waals surface area contributed by atoms with E-state index in [2.05, 4.69) is 10.6 Å². The Morgan fingerprint density at radius 2 is 2.00 bits per heavy atom. The highest BCUT2D eigenvalue weighted by atomic mass is 16.4. The van der Waals surface area contributed by atoms with Gasteiger partial charge in [0.05, 0.1) is 6.54 Å². The van der Waals surface area contributed by atoms with Crippen LogP contribution in [0.3, 0.4) is 0 Å². The molecular formula is C9H16N2O4. The largest absolute Gasteiger partial charge is 0.479 e. The summed E-state index contributed by atoms with van der Waals surface area (Å²) in [6.07, 6.45) is 1.90. The maximum atomic E-state index is 11.0. The van der Waals surface area contributed by atoms with E-state index < -0.39 is 18.1 Å². The molecule has 0 heterocycles. The number of hydrogen-bond acceptors (Lipinski definition) is 3. The average Bonchev–Trinajstić information content (AvgIpc) is 2.97. The van der Waals surface area contributed by atoms with Crippen molar-refractivity contribution in [3.8, 4) is 0 Å². The van der Waals surface area contributed by atoms with Crippen molar-refractivity contribution in [2.24, 2.45) is 5.92 Å². The fraction of sp³-hybridized carbons (Fsp3) is 0.778. The SMILES string of the molecule is O=C(NCCC1CC1)NCC(O)C(=O)O. The fourth-order valence-corrected chi connectivity index (χ4v) is 1.14. The van der Waals surface area contributed by atoms with Crippen LogP contribution < -0.4 is 10.6 Å². The number of aliphatic carboxylic acids is 1. The molecule has 0 spiro atoms. The smallest absolute Gasteiger partial charge is 0.334 e. The number of carboxylic acid groups (broad SMARTS) is 1. The molecule has 0 aromatic rings. The second-order valence-corrected chi connectivity index (χ2v) is 3.72. The molecule has 1 rings (SSSR count). The van der Waals surface area contributed by atoms with Crippen molar-refractivity contribution >= 4 is 12.0 Å². The third-order valence-corrected chi connectivity index (χ3v) is 2.28. The molecule has 0 aromatic heterocycles. The zero-order valence-electron chi connectivity index (χ0n) is 8.40. The predicted molar refractivity (Wildman–Crippen MR) is 52.4 cm³/mol. The van der Waals surface area contributed by atoms with Crippen LogP contribution in [0.2, 0.25) is 0 Å². The lowest BCUT2D eigenvalue weighted by atomic mass is 10.3. The molecule has 6 heteroatoms. The van der Waals surface area contributed by atoms with Gasteiger partial charge in [0, 0.05) is 6.54 Å². The molecule has 0 saturated heterocycles. The van der Waals surface area contributed by atoms with Crippen LogP contribution in [0, 0.1) is 5.92 Å². The van der Waals surface area contributed by atoms with Crippen molar-refractivity contribution < 1.29 is 19.8 Å². The van der Waals surface area contributed by atoms with Crippen LogP contribution in [0.1, 0.15) is 19.3 Å². The average molecular weight is 216 g/mol. The van der Waals surface area contributed by atoms with Gasteiger partial charge in [0.2, 0.25) is 0 Å². The Balaban J connectivity index is 1.99. The molecule has 1 aliphatic rings. The number of nitrogens with one attached hydrogen (secondary N) is 2. The number of aliphatic hydroxyl groups excluding tert-OH is 1. The van der Waals surface area contributed by atoms with E-state index in [1.165, 1.54) is 12.8 Å². The van der Waals surface area contributed by atoms with E-state index in [4.69, 9.17) is 10.2 Å². The molecule has 0 radical (unpaired) electrons. The Hall–Kier alpha value is -1.30. The minimum Gasteiger partial charge on any atom is -0.479 e. The number of urea groups is 1. The highest BCUT2D eigenvalue weighted by molar-refractivity contribution is 5.76. The first-order valence-electron chi connectivity index (χ1n) is 5.02. The Bertz CT molecular complexity index is 240. The number of carboxylic acids is 1. The summed E-state index contributed by atoms with van der Waals surface area (Å²) < 4.78 is 0. The topological polar surface area (TPSA) is 98.7 Å². The van der Waals surface area contributed by atoms with Crippen molar-refractivity contribution in [1.29, 1.82) is 0 Å². The molecule has 6 nitrogen and oxygen atoms in total. The maximum absolute atomic E-state index is 11.0. The van der Waals surface area contributed by atoms with Crippen molar-refractivity contribution in [3.63, 3.8) is 0 Å². The molecule has 1 aliphatic carbocycles. The van der Waals surface area contributed by atoms with Gasteiger partial charge in [0.1, 0.15) is 0 Å². The summed E-state index contributed by atoms with van der Waals surface area (Å²) in [5, 5.41) is 22.1. The summed E-state index contributed by atoms with van der Waals surface area (Å²) in [6, 6.07) is -0.434. The Kier molecular flexibility index (Phi) is 4.36. The number of rotatable bonds is 6. The Labute approximate surface area is 87.7 Å². The molecule has 4 N–H and O–H groups in total. The van der Waals surface area contributed by atoms with Gasteiger partial charge < -0.3 is 20.8 Å². The molecule has 0 bridgehead atoms. The van der Waals surface area contributed by atoms with Crippen molar-refractivity contribution in [2.45, 2.75) is 25.4 Å². The summed E-state index contributed by atoms with van der Waals surface area (Å²) in [5.74, 6) is -0.594. The van der Waals surface area contributed by atoms with E-state index in [0.29, 0.717) is 6.54 Å². The molecule has 1 atom stereocenters. The fourth-order valence-electron chi connectivity index (χ4n) is 1.14. The van der Waals surface area contributed by atoms with Gasteiger partial charge >= 0.3 is 12.0 Å². The van der Waals surface area contributed by atoms with Crippen LogP contribution in [0.15, 0.2) is 0 Å². The molecule has 2 amide bonds. The van der Waals surface area contributed by atoms with E-state index >= 15 is 0 Å². The van der Waals surface area contributed by atoms with Crippen LogP contribution in [0.25, 0.3) is 0 Å². The van der Waals surface area contributed by atoms with Crippen LogP contribution in [0.4, 0.5) is 4.79 Å². The molecular weight excluding hydrogens is 200 g/mol. The first kappa shape index (κ1) is 11.8. The van der Waals surface area contributed by atoms with Crippen LogP contribution in [-0.4, -0.2) is 41.4 Å². The normalized spacial score (nSPS) is 16.9. The maximum Gasteiger partial charge on any atom is 0.334 e. The van der Waals surface area contributed by atoms with E-state index in [1.54, 1.807) is 0 Å². The van der Waals surface area contributed by atoms with Gasteiger partial charge in [-0.25, -0.2) is 9.59 Å². The Morgan fingerprint density at radius 1 is 1.33 bits per heavy atom. The standard InChI is InChI=1S/C9H16N2O4/c12-7(8(13)14)5-11-9(15)10-4-3-6-1-2-6/h6-7,12H,1-5H2,(H,13,14)(H2,10,11,15). The second kappa shape index (κ2) is 5.55. The minimum absolute atomic E-state index is 0.273. The number of carbonyl (C=O) groups excluding carboxylic acids is 1. The zero-order valence-corrected chi connectivity index (χ0v) is 8.40. The van der Waals surface area contributed by atoms with Gasteiger partial charge in [-0.1, -0.05) is 12.8 Å². The first-order chi connectivity index (χ1) is 7.09. The van der Waals surface area contributed by atoms with Gasteiger partial charge in [-0.2, -0.15) is 0 Å². The van der Waals surface area contributed by atoms with Crippen LogP contribution in [0.5, 0.6) is 0 Å². The van der Waals surface area contributed by atoms with Gasteiger partial charge in [-0.3, -0.25) is 0 Å². The number of hydrogen-bond donors (Lipinski definition) is 4. The second-order valence-electron chi connectivity index (χ2n) is 3.72. The van der Waals surface area contributed by atoms with Crippen molar-refractivity contribution in [1.82, 2.24) is 10.6 Å². The molecule has 86 valence electrons. The highest BCUT2D eigenvalue weighted by Gasteiger charge is 2.20. The molecule has 0 aromatic carbocycles. The highest BCUT2D eigenvalue weighted by Crippen LogP contribution is 2.31. The summed E-state index contributed by atoms with van der Waals surface area (Å²) in [5.41, 5.74) is 0. The van der Waals surface area contributed by atoms with E-state index in [0.717, 1.165) is 12.3 Å². The minimum atomic E-state index is -1.54. The lowest BCUT2D eigenvalue weighted by Gasteiger charge is -2.08. The van der Waals surface area contributed by atoms with Gasteiger partial charge in [-0.15, -0.1) is 0 Å². The zero-order chi connectivity index (χ0) is 11.3. The summed E-state index contributed by atoms with van der Waals surface area (Å²) in [7, 11) is 0. The van der Waals surface area contributed by atoms with Crippen molar-refractivity contribution in [3.05, 3.63) is 0 Å². The van der Waals surface area contributed by atoms with Crippen LogP contribution >= 0.6 is 0 Å². The monoisotopic (exact) mass is 216 g/mol. The molecule has 15 heavy (non-hydrogen) atoms. The Morgan fingerprint density at radius 3 is 2.53 bits per heavy atom. The predicted octanol–water partition coefficient (Wildman–Crippen LogP) is -0.469. The van der Waals surface area contributed by atoms with Gasteiger partial charge in [0.15, 0.2) is 6.10 Å². The van der Waals surface area contributed by atoms with E-state index in [-0.39, 0.29) is 6.54 Å². The molecule has 1 saturated carbocycles. The lowest BCUT2D eigenvalue weighted by molar-refractivity contribution is -0.146. The summed E-state index contributed by atoms with van der Waals surface area (Å²) in [4.78, 5) is 21.2. The van der Waals surface area contributed by atoms with Gasteiger partial charge in [-0.05, 0) is 12.3 Å². The lowest BCUT2D eigenvalue weighted by Crippen LogP contribution is -2.42. The summed E-state index contributed by atoms with van der Waals surface area (Å²) in [6.45, 7) is 0.324. The third kappa shape index (κ3) is 5.21. The van der Waals surface area contributed by atoms with Gasteiger partial charge in [0.25, 0.3) is 0 Å². The van der Waals surface area contributed by atoms with E-state index in [1.807, 2.05) is 0 Å². The van der Waals surface area contributed by atoms with E-state index in [9.17, 15) is 9.59 Å². The number of aliphatic hydroxyl groups is 1. The van der Waals surface area contributed by atoms with Crippen LogP contribution in [-0.2, 0) is 4.79 Å². The molecule has 1 unspecified atom stereocenters.